The van der Waals surface area contributed by atoms with E-state index in [-0.39, 0.29) is 0 Å². The fraction of sp³-hybridized carbons (Fsp3) is 1.00. The van der Waals surface area contributed by atoms with Crippen LogP contribution in [-0.2, 0) is 4.74 Å². The van der Waals surface area contributed by atoms with Crippen LogP contribution in [0.4, 0.5) is 0 Å². The second kappa shape index (κ2) is 9.75. The number of nitrogens with zero attached hydrogens (tertiary/aromatic N) is 1. The molecule has 0 aromatic heterocycles. The Labute approximate surface area is 126 Å². The highest BCUT2D eigenvalue weighted by Gasteiger charge is 2.27. The normalized spacial score (nSPS) is 21.3. The first-order chi connectivity index (χ1) is 9.52. The molecule has 120 valence electrons. The summed E-state index contributed by atoms with van der Waals surface area (Å²) in [6, 6.07) is 0.593. The summed E-state index contributed by atoms with van der Waals surface area (Å²) in [6.07, 6.45) is 2.43. The molecule has 1 fully saturated rings. The second-order valence-corrected chi connectivity index (χ2v) is 7.19. The van der Waals surface area contributed by atoms with Crippen molar-refractivity contribution in [1.29, 1.82) is 0 Å². The minimum Gasteiger partial charge on any atom is -0.381 e. The van der Waals surface area contributed by atoms with Gasteiger partial charge < -0.3 is 15.0 Å². The zero-order valence-corrected chi connectivity index (χ0v) is 14.3. The molecule has 20 heavy (non-hydrogen) atoms. The Morgan fingerprint density at radius 3 is 2.20 bits per heavy atom. The van der Waals surface area contributed by atoms with Gasteiger partial charge in [-0.05, 0) is 31.2 Å². The molecule has 0 aromatic rings. The van der Waals surface area contributed by atoms with Gasteiger partial charge in [0.1, 0.15) is 0 Å². The van der Waals surface area contributed by atoms with Crippen molar-refractivity contribution in [3.63, 3.8) is 0 Å². The van der Waals surface area contributed by atoms with Crippen molar-refractivity contribution in [1.82, 2.24) is 10.2 Å². The summed E-state index contributed by atoms with van der Waals surface area (Å²) >= 11 is 0. The van der Waals surface area contributed by atoms with Gasteiger partial charge in [-0.2, -0.15) is 0 Å². The largest absolute Gasteiger partial charge is 0.381 e. The Balaban J connectivity index is 2.56. The fourth-order valence-corrected chi connectivity index (χ4v) is 3.11. The van der Waals surface area contributed by atoms with Crippen molar-refractivity contribution in [3.05, 3.63) is 0 Å². The van der Waals surface area contributed by atoms with Crippen molar-refractivity contribution in [2.75, 3.05) is 39.4 Å². The van der Waals surface area contributed by atoms with E-state index in [1.54, 1.807) is 0 Å². The van der Waals surface area contributed by atoms with Gasteiger partial charge in [0.05, 0.1) is 6.61 Å². The lowest BCUT2D eigenvalue weighted by Gasteiger charge is -2.33. The molecule has 1 aliphatic heterocycles. The standard InChI is InChI=1S/C17H36N2O/c1-6-8-18-17(16-7-9-20-13-16)12-19(10-14(2)3)11-15(4)5/h14-18H,6-13H2,1-5H3. The summed E-state index contributed by atoms with van der Waals surface area (Å²) in [7, 11) is 0. The lowest BCUT2D eigenvalue weighted by atomic mass is 9.97. The summed E-state index contributed by atoms with van der Waals surface area (Å²) in [5.41, 5.74) is 0. The van der Waals surface area contributed by atoms with Crippen LogP contribution in [-0.4, -0.2) is 50.3 Å². The number of ether oxygens (including phenoxy) is 1. The Hall–Kier alpha value is -0.120. The number of hydrogen-bond donors (Lipinski definition) is 1. The Morgan fingerprint density at radius 1 is 1.10 bits per heavy atom. The SMILES string of the molecule is CCCNC(CN(CC(C)C)CC(C)C)C1CCOC1. The highest BCUT2D eigenvalue weighted by Crippen LogP contribution is 2.18. The topological polar surface area (TPSA) is 24.5 Å². The molecular weight excluding hydrogens is 248 g/mol. The van der Waals surface area contributed by atoms with Gasteiger partial charge in [-0.1, -0.05) is 34.6 Å². The fourth-order valence-electron chi connectivity index (χ4n) is 3.11. The van der Waals surface area contributed by atoms with E-state index in [1.807, 2.05) is 0 Å². The van der Waals surface area contributed by atoms with E-state index in [9.17, 15) is 0 Å². The highest BCUT2D eigenvalue weighted by atomic mass is 16.5. The van der Waals surface area contributed by atoms with Crippen molar-refractivity contribution in [2.45, 2.75) is 53.5 Å². The molecule has 2 atom stereocenters. The molecule has 3 heteroatoms. The lowest BCUT2D eigenvalue weighted by molar-refractivity contribution is 0.149. The molecule has 0 spiro atoms. The molecule has 1 N–H and O–H groups in total. The Morgan fingerprint density at radius 2 is 1.75 bits per heavy atom. The van der Waals surface area contributed by atoms with Gasteiger partial charge in [0, 0.05) is 38.2 Å². The molecule has 0 aliphatic carbocycles. The zero-order chi connectivity index (χ0) is 15.0. The average Bonchev–Trinajstić information content (AvgIpc) is 2.86. The van der Waals surface area contributed by atoms with Crippen LogP contribution in [0.1, 0.15) is 47.5 Å². The average molecular weight is 284 g/mol. The first kappa shape index (κ1) is 17.9. The first-order valence-electron chi connectivity index (χ1n) is 8.56. The maximum Gasteiger partial charge on any atom is 0.0510 e. The van der Waals surface area contributed by atoms with Crippen LogP contribution in [0.3, 0.4) is 0 Å². The molecule has 0 bridgehead atoms. The van der Waals surface area contributed by atoms with E-state index >= 15 is 0 Å². The van der Waals surface area contributed by atoms with E-state index in [0.717, 1.165) is 31.6 Å². The van der Waals surface area contributed by atoms with Gasteiger partial charge >= 0.3 is 0 Å². The molecule has 1 rings (SSSR count). The monoisotopic (exact) mass is 284 g/mol. The van der Waals surface area contributed by atoms with E-state index < -0.39 is 0 Å². The third-order valence-corrected chi connectivity index (χ3v) is 3.89. The van der Waals surface area contributed by atoms with Crippen LogP contribution in [0.25, 0.3) is 0 Å². The summed E-state index contributed by atoms with van der Waals surface area (Å²) in [4.78, 5) is 2.65. The van der Waals surface area contributed by atoms with Gasteiger partial charge in [0.25, 0.3) is 0 Å². The van der Waals surface area contributed by atoms with Crippen LogP contribution in [0.5, 0.6) is 0 Å². The van der Waals surface area contributed by atoms with Crippen LogP contribution in [0.2, 0.25) is 0 Å². The van der Waals surface area contributed by atoms with Crippen LogP contribution in [0.15, 0.2) is 0 Å². The Kier molecular flexibility index (Phi) is 8.74. The van der Waals surface area contributed by atoms with Gasteiger partial charge in [0.15, 0.2) is 0 Å². The molecule has 0 radical (unpaired) electrons. The summed E-state index contributed by atoms with van der Waals surface area (Å²) in [5, 5.41) is 3.77. The Bertz CT molecular complexity index is 227. The molecule has 3 nitrogen and oxygen atoms in total. The lowest BCUT2D eigenvalue weighted by Crippen LogP contribution is -2.48. The zero-order valence-electron chi connectivity index (χ0n) is 14.3. The minimum absolute atomic E-state index is 0.593. The van der Waals surface area contributed by atoms with Crippen molar-refractivity contribution >= 4 is 0 Å². The number of rotatable bonds is 10. The summed E-state index contributed by atoms with van der Waals surface area (Å²) in [6.45, 7) is 18.1. The summed E-state index contributed by atoms with van der Waals surface area (Å²) < 4.78 is 5.60. The van der Waals surface area contributed by atoms with Crippen molar-refractivity contribution in [2.24, 2.45) is 17.8 Å². The molecule has 1 heterocycles. The third-order valence-electron chi connectivity index (χ3n) is 3.89. The van der Waals surface area contributed by atoms with Crippen molar-refractivity contribution in [3.8, 4) is 0 Å². The molecule has 0 saturated carbocycles. The maximum absolute atomic E-state index is 5.60. The molecule has 0 amide bonds. The number of hydrogen-bond acceptors (Lipinski definition) is 3. The van der Waals surface area contributed by atoms with Gasteiger partial charge in [-0.25, -0.2) is 0 Å². The van der Waals surface area contributed by atoms with Gasteiger partial charge in [-0.15, -0.1) is 0 Å². The number of nitrogens with one attached hydrogen (secondary N) is 1. The van der Waals surface area contributed by atoms with E-state index in [2.05, 4.69) is 44.8 Å². The van der Waals surface area contributed by atoms with Gasteiger partial charge in [-0.3, -0.25) is 0 Å². The van der Waals surface area contributed by atoms with Crippen LogP contribution >= 0.6 is 0 Å². The molecule has 1 aliphatic rings. The van der Waals surface area contributed by atoms with Crippen LogP contribution < -0.4 is 5.32 Å². The van der Waals surface area contributed by atoms with E-state index in [0.29, 0.717) is 12.0 Å². The second-order valence-electron chi connectivity index (χ2n) is 7.19. The van der Waals surface area contributed by atoms with E-state index in [1.165, 1.54) is 32.5 Å². The summed E-state index contributed by atoms with van der Waals surface area (Å²) in [5.74, 6) is 2.17. The van der Waals surface area contributed by atoms with Crippen molar-refractivity contribution < 1.29 is 4.74 Å². The molecule has 0 aromatic carbocycles. The highest BCUT2D eigenvalue weighted by molar-refractivity contribution is 4.83. The van der Waals surface area contributed by atoms with E-state index in [4.69, 9.17) is 4.74 Å². The third kappa shape index (κ3) is 7.05. The predicted molar refractivity (Wildman–Crippen MR) is 87.1 cm³/mol. The molecular formula is C17H36N2O. The maximum atomic E-state index is 5.60. The smallest absolute Gasteiger partial charge is 0.0510 e. The predicted octanol–water partition coefficient (Wildman–Crippen LogP) is 3.01. The minimum atomic E-state index is 0.593. The van der Waals surface area contributed by atoms with Gasteiger partial charge in [0.2, 0.25) is 0 Å². The molecule has 2 unspecified atom stereocenters. The first-order valence-corrected chi connectivity index (χ1v) is 8.56. The molecule has 1 saturated heterocycles. The van der Waals surface area contributed by atoms with Crippen LogP contribution in [0, 0.1) is 17.8 Å². The quantitative estimate of drug-likeness (QED) is 0.667.